The zero-order valence-corrected chi connectivity index (χ0v) is 15.1. The smallest absolute Gasteiger partial charge is 0.251 e. The van der Waals surface area contributed by atoms with Gasteiger partial charge >= 0.3 is 0 Å². The molecule has 1 aliphatic rings. The lowest BCUT2D eigenvalue weighted by molar-refractivity contribution is 0.0938. The number of carbonyl (C=O) groups excluding carboxylic acids is 1. The molecule has 0 radical (unpaired) electrons. The summed E-state index contributed by atoms with van der Waals surface area (Å²) in [6.07, 6.45) is 4.17. The van der Waals surface area contributed by atoms with Gasteiger partial charge in [0.25, 0.3) is 5.91 Å². The molecular weight excluding hydrogens is 320 g/mol. The molecule has 3 rings (SSSR count). The van der Waals surface area contributed by atoms with Crippen LogP contribution in [0.1, 0.15) is 34.1 Å². The van der Waals surface area contributed by atoms with Gasteiger partial charge < -0.3 is 10.2 Å². The summed E-state index contributed by atoms with van der Waals surface area (Å²) in [6, 6.07) is 8.10. The number of hydrogen-bond donors (Lipinski definition) is 1. The number of rotatable bonds is 6. The van der Waals surface area contributed by atoms with Crippen molar-refractivity contribution in [2.45, 2.75) is 18.9 Å². The molecule has 1 amide bonds. The van der Waals surface area contributed by atoms with Crippen LogP contribution < -0.4 is 10.2 Å². The molecule has 128 valence electrons. The summed E-state index contributed by atoms with van der Waals surface area (Å²) >= 11 is 1.76. The van der Waals surface area contributed by atoms with Gasteiger partial charge in [0.05, 0.1) is 6.04 Å². The molecular formula is C18H24N4OS. The van der Waals surface area contributed by atoms with Crippen molar-refractivity contribution in [3.8, 4) is 0 Å². The molecule has 0 aliphatic carbocycles. The van der Waals surface area contributed by atoms with E-state index >= 15 is 0 Å². The molecule has 0 spiro atoms. The standard InChI is InChI=1S/C18H24N4OS/c1-21(2)17-12-14(7-8-19-17)18(23)20-13-15(16-6-5-11-24-16)22-9-3-4-10-22/h5-8,11-12,15H,3-4,9-10,13H2,1-2H3,(H,20,23)/t15-/m1/s1. The maximum atomic E-state index is 12.5. The number of nitrogens with zero attached hydrogens (tertiary/aromatic N) is 3. The summed E-state index contributed by atoms with van der Waals surface area (Å²) in [6.45, 7) is 2.86. The van der Waals surface area contributed by atoms with Crippen molar-refractivity contribution in [1.29, 1.82) is 0 Å². The molecule has 0 saturated carbocycles. The maximum absolute atomic E-state index is 12.5. The van der Waals surface area contributed by atoms with Crippen molar-refractivity contribution in [2.75, 3.05) is 38.6 Å². The second-order valence-electron chi connectivity index (χ2n) is 6.28. The van der Waals surface area contributed by atoms with E-state index in [2.05, 4.69) is 32.7 Å². The van der Waals surface area contributed by atoms with Gasteiger partial charge in [-0.15, -0.1) is 11.3 Å². The van der Waals surface area contributed by atoms with E-state index in [1.54, 1.807) is 23.6 Å². The minimum Gasteiger partial charge on any atom is -0.363 e. The Morgan fingerprint density at radius 2 is 2.17 bits per heavy atom. The number of thiophene rings is 1. The van der Waals surface area contributed by atoms with E-state index in [-0.39, 0.29) is 11.9 Å². The van der Waals surface area contributed by atoms with Gasteiger partial charge in [0.15, 0.2) is 0 Å². The molecule has 0 bridgehead atoms. The number of likely N-dealkylation sites (tertiary alicyclic amines) is 1. The Bertz CT molecular complexity index is 665. The van der Waals surface area contributed by atoms with E-state index in [0.29, 0.717) is 12.1 Å². The average Bonchev–Trinajstić information content (AvgIpc) is 3.29. The highest BCUT2D eigenvalue weighted by Gasteiger charge is 2.24. The lowest BCUT2D eigenvalue weighted by Crippen LogP contribution is -2.36. The van der Waals surface area contributed by atoms with Crippen LogP contribution in [-0.4, -0.2) is 49.5 Å². The third-order valence-corrected chi connectivity index (χ3v) is 5.35. The number of amides is 1. The fourth-order valence-electron chi connectivity index (χ4n) is 3.04. The number of carbonyl (C=O) groups is 1. The van der Waals surface area contributed by atoms with Gasteiger partial charge in [-0.05, 0) is 49.5 Å². The first-order valence-electron chi connectivity index (χ1n) is 8.34. The van der Waals surface area contributed by atoms with E-state index in [1.165, 1.54) is 17.7 Å². The summed E-state index contributed by atoms with van der Waals surface area (Å²) in [5.74, 6) is 0.748. The average molecular weight is 344 g/mol. The topological polar surface area (TPSA) is 48.5 Å². The monoisotopic (exact) mass is 344 g/mol. The highest BCUT2D eigenvalue weighted by molar-refractivity contribution is 7.10. The highest BCUT2D eigenvalue weighted by Crippen LogP contribution is 2.27. The minimum atomic E-state index is -0.0405. The SMILES string of the molecule is CN(C)c1cc(C(=O)NC[C@H](c2cccs2)N2CCCC2)ccn1. The van der Waals surface area contributed by atoms with Crippen LogP contribution in [0.3, 0.4) is 0 Å². The van der Waals surface area contributed by atoms with E-state index in [4.69, 9.17) is 0 Å². The van der Waals surface area contributed by atoms with Crippen molar-refractivity contribution >= 4 is 23.1 Å². The van der Waals surface area contributed by atoms with Gasteiger partial charge in [-0.1, -0.05) is 6.07 Å². The van der Waals surface area contributed by atoms with Gasteiger partial charge in [-0.3, -0.25) is 9.69 Å². The quantitative estimate of drug-likeness (QED) is 0.875. The third kappa shape index (κ3) is 3.94. The van der Waals surface area contributed by atoms with Crippen LogP contribution in [0.2, 0.25) is 0 Å². The van der Waals surface area contributed by atoms with Gasteiger partial charge in [0, 0.05) is 37.3 Å². The van der Waals surface area contributed by atoms with Crippen molar-refractivity contribution in [3.63, 3.8) is 0 Å². The molecule has 5 nitrogen and oxygen atoms in total. The summed E-state index contributed by atoms with van der Waals surface area (Å²) in [5, 5.41) is 5.21. The minimum absolute atomic E-state index is 0.0405. The van der Waals surface area contributed by atoms with E-state index in [1.807, 2.05) is 25.1 Å². The number of pyridine rings is 1. The van der Waals surface area contributed by atoms with Gasteiger partial charge in [-0.25, -0.2) is 4.98 Å². The number of nitrogens with one attached hydrogen (secondary N) is 1. The lowest BCUT2D eigenvalue weighted by atomic mass is 10.2. The van der Waals surface area contributed by atoms with E-state index in [9.17, 15) is 4.79 Å². The second-order valence-corrected chi connectivity index (χ2v) is 7.26. The van der Waals surface area contributed by atoms with E-state index in [0.717, 1.165) is 18.9 Å². The number of aromatic nitrogens is 1. The summed E-state index contributed by atoms with van der Waals surface area (Å²) in [7, 11) is 3.84. The highest BCUT2D eigenvalue weighted by atomic mass is 32.1. The molecule has 3 heterocycles. The van der Waals surface area contributed by atoms with Gasteiger partial charge in [0.2, 0.25) is 0 Å². The molecule has 1 saturated heterocycles. The summed E-state index contributed by atoms with van der Waals surface area (Å²) < 4.78 is 0. The molecule has 2 aromatic rings. The lowest BCUT2D eigenvalue weighted by Gasteiger charge is -2.27. The molecule has 24 heavy (non-hydrogen) atoms. The Kier molecular flexibility index (Phi) is 5.48. The Hall–Kier alpha value is -1.92. The van der Waals surface area contributed by atoms with E-state index < -0.39 is 0 Å². The van der Waals surface area contributed by atoms with Crippen LogP contribution in [0, 0.1) is 0 Å². The van der Waals surface area contributed by atoms with Crippen molar-refractivity contribution in [1.82, 2.24) is 15.2 Å². The molecule has 1 aliphatic heterocycles. The zero-order valence-electron chi connectivity index (χ0n) is 14.2. The predicted octanol–water partition coefficient (Wildman–Crippen LogP) is 2.78. The van der Waals surface area contributed by atoms with Crippen molar-refractivity contribution < 1.29 is 4.79 Å². The fourth-order valence-corrected chi connectivity index (χ4v) is 3.90. The molecule has 1 N–H and O–H groups in total. The molecule has 0 aromatic carbocycles. The normalized spacial score (nSPS) is 16.1. The Labute approximate surface area is 147 Å². The van der Waals surface area contributed by atoms with Gasteiger partial charge in [-0.2, -0.15) is 0 Å². The van der Waals surface area contributed by atoms with Crippen LogP contribution >= 0.6 is 11.3 Å². The summed E-state index contributed by atoms with van der Waals surface area (Å²) in [5.41, 5.74) is 0.653. The largest absolute Gasteiger partial charge is 0.363 e. The second kappa shape index (κ2) is 7.77. The first-order chi connectivity index (χ1) is 11.6. The molecule has 6 heteroatoms. The fraction of sp³-hybridized carbons (Fsp3) is 0.444. The number of anilines is 1. The number of hydrogen-bond acceptors (Lipinski definition) is 5. The zero-order chi connectivity index (χ0) is 16.9. The van der Waals surface area contributed by atoms with Crippen LogP contribution in [0.15, 0.2) is 35.8 Å². The van der Waals surface area contributed by atoms with Crippen LogP contribution in [0.5, 0.6) is 0 Å². The maximum Gasteiger partial charge on any atom is 0.251 e. The first kappa shape index (κ1) is 16.9. The molecule has 1 atom stereocenters. The van der Waals surface area contributed by atoms with Crippen LogP contribution in [-0.2, 0) is 0 Å². The van der Waals surface area contributed by atoms with Crippen LogP contribution in [0.25, 0.3) is 0 Å². The predicted molar refractivity (Wildman–Crippen MR) is 98.8 cm³/mol. The van der Waals surface area contributed by atoms with Crippen LogP contribution in [0.4, 0.5) is 5.82 Å². The molecule has 0 unspecified atom stereocenters. The first-order valence-corrected chi connectivity index (χ1v) is 9.22. The van der Waals surface area contributed by atoms with Crippen molar-refractivity contribution in [3.05, 3.63) is 46.3 Å². The van der Waals surface area contributed by atoms with Crippen molar-refractivity contribution in [2.24, 2.45) is 0 Å². The Balaban J connectivity index is 1.68. The van der Waals surface area contributed by atoms with Gasteiger partial charge in [0.1, 0.15) is 5.82 Å². The summed E-state index contributed by atoms with van der Waals surface area (Å²) in [4.78, 5) is 22.5. The molecule has 1 fully saturated rings. The Morgan fingerprint density at radius 3 is 2.83 bits per heavy atom. The third-order valence-electron chi connectivity index (χ3n) is 4.37. The Morgan fingerprint density at radius 1 is 1.38 bits per heavy atom. The molecule has 2 aromatic heterocycles.